The summed E-state index contributed by atoms with van der Waals surface area (Å²) < 4.78 is 18.6. The number of hydrogen-bond acceptors (Lipinski definition) is 6. The van der Waals surface area contributed by atoms with Crippen LogP contribution in [0.2, 0.25) is 0 Å². The van der Waals surface area contributed by atoms with Gasteiger partial charge in [-0.1, -0.05) is 47.0 Å². The van der Waals surface area contributed by atoms with Crippen LogP contribution in [0.3, 0.4) is 0 Å². The molecule has 7 nitrogen and oxygen atoms in total. The normalized spacial score (nSPS) is 11.5. The zero-order valence-corrected chi connectivity index (χ0v) is 17.6. The van der Waals surface area contributed by atoms with Crippen molar-refractivity contribution < 1.29 is 14.0 Å². The highest BCUT2D eigenvalue weighted by Crippen LogP contribution is 2.31. The summed E-state index contributed by atoms with van der Waals surface area (Å²) >= 11 is 0.995. The molecule has 0 bridgehead atoms. The Hall–Kier alpha value is -3.98. The van der Waals surface area contributed by atoms with E-state index < -0.39 is 23.7 Å². The Morgan fingerprint density at radius 2 is 1.72 bits per heavy atom. The Labute approximate surface area is 187 Å². The minimum Gasteiger partial charge on any atom is -0.350 e. The Morgan fingerprint density at radius 3 is 2.41 bits per heavy atom. The van der Waals surface area contributed by atoms with Gasteiger partial charge in [-0.05, 0) is 46.9 Å². The predicted octanol–water partition coefficient (Wildman–Crippen LogP) is 3.78. The van der Waals surface area contributed by atoms with Gasteiger partial charge in [-0.2, -0.15) is 0 Å². The van der Waals surface area contributed by atoms with E-state index in [0.717, 1.165) is 22.0 Å². The number of carbonyl (C=O) groups is 2. The topological polar surface area (TPSA) is 88.1 Å². The molecule has 0 aliphatic rings. The van der Waals surface area contributed by atoms with Gasteiger partial charge in [0.1, 0.15) is 11.9 Å². The second-order valence-electron chi connectivity index (χ2n) is 6.80. The van der Waals surface area contributed by atoms with E-state index >= 15 is 0 Å². The zero-order chi connectivity index (χ0) is 22.3. The Bertz CT molecular complexity index is 1190. The summed E-state index contributed by atoms with van der Waals surface area (Å²) in [5.41, 5.74) is 1.35. The number of hydrogen-bond donors (Lipinski definition) is 1. The molecule has 0 aliphatic heterocycles. The molecule has 0 saturated carbocycles. The monoisotopic (exact) mass is 447 g/mol. The molecule has 0 unspecified atom stereocenters. The van der Waals surface area contributed by atoms with Crippen molar-refractivity contribution in [2.24, 2.45) is 0 Å². The van der Waals surface area contributed by atoms with E-state index in [4.69, 9.17) is 0 Å². The van der Waals surface area contributed by atoms with Crippen LogP contribution in [0.15, 0.2) is 84.5 Å². The number of carbonyl (C=O) groups excluding carboxylic acids is 2. The molecule has 0 aliphatic carbocycles. The predicted molar refractivity (Wildman–Crippen MR) is 118 cm³/mol. The Morgan fingerprint density at radius 1 is 1.00 bits per heavy atom. The summed E-state index contributed by atoms with van der Waals surface area (Å²) in [7, 11) is 0. The number of pyridine rings is 1. The molecule has 0 radical (unpaired) electrons. The molecule has 2 aromatic heterocycles. The first-order chi connectivity index (χ1) is 15.6. The summed E-state index contributed by atoms with van der Waals surface area (Å²) in [6, 6.07) is 17.3. The van der Waals surface area contributed by atoms with Crippen LogP contribution in [-0.2, 0) is 11.3 Å². The van der Waals surface area contributed by atoms with Gasteiger partial charge in [-0.25, -0.2) is 4.39 Å². The summed E-state index contributed by atoms with van der Waals surface area (Å²) in [4.78, 5) is 32.0. The van der Waals surface area contributed by atoms with Crippen LogP contribution < -0.4 is 10.2 Å². The van der Waals surface area contributed by atoms with Gasteiger partial charge in [0.2, 0.25) is 5.91 Å². The molecule has 1 N–H and O–H groups in total. The third-order valence-electron chi connectivity index (χ3n) is 4.75. The maximum absolute atomic E-state index is 14.9. The van der Waals surface area contributed by atoms with Gasteiger partial charge in [0.05, 0.1) is 5.69 Å². The van der Waals surface area contributed by atoms with Crippen molar-refractivity contribution in [3.8, 4) is 0 Å². The number of amides is 2. The van der Waals surface area contributed by atoms with E-state index in [-0.39, 0.29) is 17.9 Å². The molecule has 2 amide bonds. The lowest BCUT2D eigenvalue weighted by Gasteiger charge is -2.31. The van der Waals surface area contributed by atoms with Crippen LogP contribution in [0.4, 0.5) is 10.1 Å². The van der Waals surface area contributed by atoms with Crippen molar-refractivity contribution in [1.82, 2.24) is 19.9 Å². The molecule has 4 aromatic rings. The summed E-state index contributed by atoms with van der Waals surface area (Å²) in [5, 5.41) is 8.15. The van der Waals surface area contributed by atoms with Crippen LogP contribution in [0.5, 0.6) is 0 Å². The fourth-order valence-electron chi connectivity index (χ4n) is 3.24. The SMILES string of the molecule is O=C(NCc1ccccc1)[C@@H](c1ccncc1)N(C(=O)c1csnn1)c1ccccc1F. The fraction of sp³-hybridized carbons (Fsp3) is 0.0870. The smallest absolute Gasteiger partial charge is 0.280 e. The second-order valence-corrected chi connectivity index (χ2v) is 7.41. The molecule has 160 valence electrons. The highest BCUT2D eigenvalue weighted by molar-refractivity contribution is 7.03. The van der Waals surface area contributed by atoms with Crippen LogP contribution in [-0.4, -0.2) is 26.4 Å². The van der Waals surface area contributed by atoms with E-state index in [1.54, 1.807) is 18.2 Å². The quantitative estimate of drug-likeness (QED) is 0.466. The minimum atomic E-state index is -1.16. The van der Waals surface area contributed by atoms with Crippen LogP contribution >= 0.6 is 11.5 Å². The molecule has 0 spiro atoms. The van der Waals surface area contributed by atoms with Gasteiger partial charge in [0.15, 0.2) is 5.69 Å². The summed E-state index contributed by atoms with van der Waals surface area (Å²) in [5.74, 6) is -1.75. The average Bonchev–Trinajstić information content (AvgIpc) is 3.38. The van der Waals surface area contributed by atoms with E-state index in [0.29, 0.717) is 5.56 Å². The molecule has 2 heterocycles. The third kappa shape index (κ3) is 4.68. The van der Waals surface area contributed by atoms with Crippen molar-refractivity contribution in [2.75, 3.05) is 4.90 Å². The fourth-order valence-corrected chi connectivity index (χ4v) is 3.67. The largest absolute Gasteiger partial charge is 0.350 e. The van der Waals surface area contributed by atoms with Crippen LogP contribution in [0.1, 0.15) is 27.7 Å². The van der Waals surface area contributed by atoms with E-state index in [2.05, 4.69) is 19.9 Å². The lowest BCUT2D eigenvalue weighted by molar-refractivity contribution is -0.122. The average molecular weight is 447 g/mol. The number of halogens is 1. The zero-order valence-electron chi connectivity index (χ0n) is 16.8. The Kier molecular flexibility index (Phi) is 6.57. The first kappa shape index (κ1) is 21.3. The van der Waals surface area contributed by atoms with Crippen molar-refractivity contribution in [3.63, 3.8) is 0 Å². The first-order valence-electron chi connectivity index (χ1n) is 9.72. The van der Waals surface area contributed by atoms with E-state index in [1.165, 1.54) is 36.0 Å². The van der Waals surface area contributed by atoms with Crippen LogP contribution in [0, 0.1) is 5.82 Å². The van der Waals surface area contributed by atoms with E-state index in [1.807, 2.05) is 30.3 Å². The van der Waals surface area contributed by atoms with Gasteiger partial charge in [-0.3, -0.25) is 19.5 Å². The van der Waals surface area contributed by atoms with Gasteiger partial charge in [0, 0.05) is 24.3 Å². The summed E-state index contributed by atoms with van der Waals surface area (Å²) in [6.45, 7) is 0.249. The lowest BCUT2D eigenvalue weighted by Crippen LogP contribution is -2.44. The molecular weight excluding hydrogens is 429 g/mol. The van der Waals surface area contributed by atoms with Crippen molar-refractivity contribution in [1.29, 1.82) is 0 Å². The third-order valence-corrected chi connectivity index (χ3v) is 5.25. The lowest BCUT2D eigenvalue weighted by atomic mass is 10.0. The number of anilines is 1. The molecule has 0 saturated heterocycles. The summed E-state index contributed by atoms with van der Waals surface area (Å²) in [6.07, 6.45) is 3.03. The molecule has 4 rings (SSSR count). The van der Waals surface area contributed by atoms with E-state index in [9.17, 15) is 14.0 Å². The van der Waals surface area contributed by atoms with Crippen molar-refractivity contribution in [3.05, 3.63) is 107 Å². The van der Waals surface area contributed by atoms with Crippen LogP contribution in [0.25, 0.3) is 0 Å². The first-order valence-corrected chi connectivity index (χ1v) is 10.6. The number of benzene rings is 2. The molecule has 1 atom stereocenters. The number of nitrogens with one attached hydrogen (secondary N) is 1. The molecule has 2 aromatic carbocycles. The number of para-hydroxylation sites is 1. The minimum absolute atomic E-state index is 0.0215. The maximum atomic E-state index is 14.9. The molecule has 32 heavy (non-hydrogen) atoms. The standard InChI is InChI=1S/C23H18FN5O2S/c24-18-8-4-5-9-20(18)29(23(31)19-15-32-28-27-19)21(17-10-12-25-13-11-17)22(30)26-14-16-6-2-1-3-7-16/h1-13,15,21H,14H2,(H,26,30)/t21-/m1/s1. The maximum Gasteiger partial charge on any atom is 0.280 e. The molecule has 9 heteroatoms. The number of aromatic nitrogens is 3. The molecule has 0 fully saturated rings. The second kappa shape index (κ2) is 9.88. The molecular formula is C23H18FN5O2S. The van der Waals surface area contributed by atoms with Crippen molar-refractivity contribution in [2.45, 2.75) is 12.6 Å². The van der Waals surface area contributed by atoms with Gasteiger partial charge < -0.3 is 5.32 Å². The van der Waals surface area contributed by atoms with Crippen molar-refractivity contribution >= 4 is 29.0 Å². The Balaban J connectivity index is 1.77. The van der Waals surface area contributed by atoms with Gasteiger partial charge in [-0.15, -0.1) is 5.10 Å². The highest BCUT2D eigenvalue weighted by atomic mass is 32.1. The highest BCUT2D eigenvalue weighted by Gasteiger charge is 2.35. The number of rotatable bonds is 7. The van der Waals surface area contributed by atoms with Gasteiger partial charge >= 0.3 is 0 Å². The number of nitrogens with zero attached hydrogens (tertiary/aromatic N) is 4. The van der Waals surface area contributed by atoms with Gasteiger partial charge in [0.25, 0.3) is 5.91 Å².